The number of carbonyl (C=O) groups excluding carboxylic acids is 11. The van der Waals surface area contributed by atoms with Crippen molar-refractivity contribution in [2.75, 3.05) is 94.9 Å². The molecule has 0 bridgehead atoms. The number of morpholine rings is 1. The van der Waals surface area contributed by atoms with Gasteiger partial charge in [0.05, 0.1) is 32.0 Å². The molecule has 554 valence electrons. The van der Waals surface area contributed by atoms with E-state index < -0.39 is 168 Å². The van der Waals surface area contributed by atoms with Crippen LogP contribution in [0.15, 0.2) is 24.8 Å². The molecule has 6 N–H and O–H groups in total. The summed E-state index contributed by atoms with van der Waals surface area (Å²) in [6.07, 6.45) is 3.43. The zero-order chi connectivity index (χ0) is 74.2. The minimum absolute atomic E-state index is 0.105. The molecule has 2 aliphatic heterocycles. The number of allylic oxidation sites excluding steroid dienone is 1. The maximum Gasteiger partial charge on any atom is 0.248 e. The Morgan fingerprint density at radius 3 is 1.52 bits per heavy atom. The monoisotopic (exact) mass is 1370 g/mol. The lowest BCUT2D eigenvalue weighted by Gasteiger charge is -2.41. The largest absolute Gasteiger partial charge is 0.394 e. The van der Waals surface area contributed by atoms with E-state index in [9.17, 15) is 29.4 Å². The van der Waals surface area contributed by atoms with Crippen LogP contribution in [0.1, 0.15) is 149 Å². The zero-order valence-corrected chi connectivity index (χ0v) is 62.6. The summed E-state index contributed by atoms with van der Waals surface area (Å²) in [6, 6.07) is -15.2. The smallest absolute Gasteiger partial charge is 0.248 e. The second-order valence-corrected chi connectivity index (χ2v) is 28.5. The molecule has 0 saturated carbocycles. The number of hydrogen-bond acceptors (Lipinski definition) is 16. The molecule has 0 spiro atoms. The molecule has 0 aromatic heterocycles. The van der Waals surface area contributed by atoms with Crippen LogP contribution in [0.4, 0.5) is 0 Å². The fourth-order valence-electron chi connectivity index (χ4n) is 12.6. The van der Waals surface area contributed by atoms with E-state index in [-0.39, 0.29) is 56.6 Å². The Kier molecular flexibility index (Phi) is 36.7. The predicted molar refractivity (Wildman–Crippen MR) is 371 cm³/mol. The Morgan fingerprint density at radius 2 is 1.02 bits per heavy atom. The number of carbonyl (C=O) groups is 11. The van der Waals surface area contributed by atoms with Gasteiger partial charge in [-0.1, -0.05) is 101 Å². The molecule has 2 heterocycles. The minimum atomic E-state index is -1.73. The molecule has 2 fully saturated rings. The number of amides is 11. The fraction of sp³-hybridized carbons (Fsp3) is 0.786. The highest BCUT2D eigenvalue weighted by Crippen LogP contribution is 2.26. The van der Waals surface area contributed by atoms with E-state index in [0.717, 1.165) is 40.8 Å². The summed E-state index contributed by atoms with van der Waals surface area (Å²) in [6.45, 7) is 33.4. The summed E-state index contributed by atoms with van der Waals surface area (Å²) in [5.41, 5.74) is 0. The van der Waals surface area contributed by atoms with Crippen LogP contribution in [0, 0.1) is 35.5 Å². The van der Waals surface area contributed by atoms with Gasteiger partial charge < -0.3 is 75.3 Å². The van der Waals surface area contributed by atoms with Gasteiger partial charge in [-0.3, -0.25) is 57.6 Å². The first-order valence-corrected chi connectivity index (χ1v) is 34.9. The standard InChI is InChI=1S/C70H124N12O15/c1-24-29-46(14)59(84)58-63(88)73-50(26-3)65(90)82(30-25-2)54(40-83)68(93)79(22)57(49(17)97-34-28-27-31-81-32-35-96-36-33-81)62(87)74-55(44(10)11)69(94)75(18)51(37-41(4)5)61(86)71-47(15)60(85)72-48(16)64(89)76(19)52(38-42(6)7)66(91)77(20)53(39-43(8)9)67(92)78(21)56(45(12)13)70(95)80(58)23/h24-25,29,41-59,83-84H,2,26-28,30-40H2,1,3-23H3,(H,71,86)(H,72,85)(H,73,88)(H,74,87)/b29-24+/t46-,47+,48-,49-,50+,51+,52+,53+,54-,55+,56+,57?,58+,59-/m1/s1. The van der Waals surface area contributed by atoms with Gasteiger partial charge in [0.15, 0.2) is 0 Å². The van der Waals surface area contributed by atoms with Crippen LogP contribution >= 0.6 is 0 Å². The second kappa shape index (κ2) is 41.1. The first kappa shape index (κ1) is 86.5. The first-order chi connectivity index (χ1) is 45.3. The van der Waals surface area contributed by atoms with Crippen molar-refractivity contribution in [1.29, 1.82) is 0 Å². The van der Waals surface area contributed by atoms with Crippen molar-refractivity contribution in [3.63, 3.8) is 0 Å². The first-order valence-electron chi connectivity index (χ1n) is 34.9. The second-order valence-electron chi connectivity index (χ2n) is 28.5. The van der Waals surface area contributed by atoms with Gasteiger partial charge in [-0.15, -0.1) is 6.58 Å². The molecular weight excluding hydrogens is 1250 g/mol. The number of hydrogen-bond donors (Lipinski definition) is 6. The van der Waals surface area contributed by atoms with Gasteiger partial charge in [0, 0.05) is 74.4 Å². The van der Waals surface area contributed by atoms with E-state index in [0.29, 0.717) is 19.6 Å². The Bertz CT molecular complexity index is 2650. The van der Waals surface area contributed by atoms with E-state index in [2.05, 4.69) is 32.7 Å². The quantitative estimate of drug-likeness (QED) is 0.0669. The number of likely N-dealkylation sites (N-methyl/N-ethyl adjacent to an activating group) is 6. The minimum Gasteiger partial charge on any atom is -0.394 e. The number of nitrogens with one attached hydrogen (secondary N) is 4. The van der Waals surface area contributed by atoms with Crippen molar-refractivity contribution in [3.8, 4) is 0 Å². The van der Waals surface area contributed by atoms with Gasteiger partial charge in [0.1, 0.15) is 66.5 Å². The lowest BCUT2D eigenvalue weighted by Crippen LogP contribution is -2.65. The molecule has 27 heteroatoms. The molecular formula is C70H124N12O15. The van der Waals surface area contributed by atoms with Gasteiger partial charge in [0.25, 0.3) is 0 Å². The number of aliphatic hydroxyl groups excluding tert-OH is 2. The van der Waals surface area contributed by atoms with E-state index in [4.69, 9.17) is 9.47 Å². The Labute approximate surface area is 578 Å². The van der Waals surface area contributed by atoms with Gasteiger partial charge in [-0.25, -0.2) is 0 Å². The van der Waals surface area contributed by atoms with Crippen LogP contribution in [0.25, 0.3) is 0 Å². The predicted octanol–water partition coefficient (Wildman–Crippen LogP) is 2.27. The number of aliphatic hydroxyl groups is 2. The molecule has 2 rings (SSSR count). The summed E-state index contributed by atoms with van der Waals surface area (Å²) in [7, 11) is 8.30. The Balaban J connectivity index is 3.09. The summed E-state index contributed by atoms with van der Waals surface area (Å²) in [4.78, 5) is 175. The van der Waals surface area contributed by atoms with E-state index >= 15 is 33.6 Å². The van der Waals surface area contributed by atoms with Crippen molar-refractivity contribution in [1.82, 2.24) is 60.5 Å². The van der Waals surface area contributed by atoms with Gasteiger partial charge in [0.2, 0.25) is 65.0 Å². The van der Waals surface area contributed by atoms with Crippen LogP contribution in [-0.4, -0.2) is 288 Å². The third kappa shape index (κ3) is 24.4. The van der Waals surface area contributed by atoms with Crippen LogP contribution in [0.2, 0.25) is 0 Å². The topological polar surface area (TPSA) is 321 Å². The van der Waals surface area contributed by atoms with Crippen LogP contribution in [0.5, 0.6) is 0 Å². The normalized spacial score (nSPS) is 27.2. The number of rotatable bonds is 22. The number of unbranched alkanes of at least 4 members (excludes halogenated alkanes) is 1. The lowest BCUT2D eigenvalue weighted by molar-refractivity contribution is -0.157. The summed E-state index contributed by atoms with van der Waals surface area (Å²) in [5.74, 6) is -11.1. The van der Waals surface area contributed by atoms with Crippen molar-refractivity contribution < 1.29 is 72.4 Å². The Morgan fingerprint density at radius 1 is 0.546 bits per heavy atom. The summed E-state index contributed by atoms with van der Waals surface area (Å²) >= 11 is 0. The van der Waals surface area contributed by atoms with Crippen LogP contribution in [-0.2, 0) is 62.2 Å². The third-order valence-electron chi connectivity index (χ3n) is 18.5. The van der Waals surface area contributed by atoms with Crippen LogP contribution < -0.4 is 21.3 Å². The van der Waals surface area contributed by atoms with Gasteiger partial charge in [-0.2, -0.15) is 0 Å². The zero-order valence-electron chi connectivity index (χ0n) is 62.6. The van der Waals surface area contributed by atoms with Crippen molar-refractivity contribution in [2.24, 2.45) is 35.5 Å². The van der Waals surface area contributed by atoms with Crippen molar-refractivity contribution in [2.45, 2.75) is 228 Å². The molecule has 0 aromatic rings. The van der Waals surface area contributed by atoms with Gasteiger partial charge in [-0.05, 0) is 102 Å². The molecule has 0 radical (unpaired) electrons. The highest BCUT2D eigenvalue weighted by molar-refractivity contribution is 6.00. The van der Waals surface area contributed by atoms with E-state index in [1.807, 2.05) is 41.5 Å². The molecule has 11 amide bonds. The molecule has 27 nitrogen and oxygen atoms in total. The third-order valence-corrected chi connectivity index (χ3v) is 18.5. The number of ether oxygens (including phenoxy) is 2. The van der Waals surface area contributed by atoms with E-state index in [1.54, 1.807) is 67.5 Å². The molecule has 0 aliphatic carbocycles. The van der Waals surface area contributed by atoms with Gasteiger partial charge >= 0.3 is 0 Å². The molecule has 97 heavy (non-hydrogen) atoms. The van der Waals surface area contributed by atoms with Crippen molar-refractivity contribution >= 4 is 65.0 Å². The number of nitrogens with zero attached hydrogens (tertiary/aromatic N) is 8. The SMILES string of the molecule is C=CCN1C(=O)[C@H](CC)NC(=O)[C@H]([C@H](O)[C@H](C)/C=C/C)N(C)C(=O)[C@H](C(C)C)N(C)C(=O)[C@H](CC(C)C)N(C)C(=O)[C@H](CC(C)C)N(C)C(=O)[C@@H](C)NC(=O)[C@H](C)NC(=O)[C@H](CC(C)C)N(C)C(=O)[C@H](C(C)C)NC(=O)C([C@@H](C)OCCCCN2CCOCC2)N(C)C(=O)[C@H]1CO. The summed E-state index contributed by atoms with van der Waals surface area (Å²) < 4.78 is 11.8. The summed E-state index contributed by atoms with van der Waals surface area (Å²) in [5, 5.41) is 34.4. The maximum absolute atomic E-state index is 15.3. The lowest BCUT2D eigenvalue weighted by atomic mass is 9.93. The average Bonchev–Trinajstić information content (AvgIpc) is 0.807. The highest BCUT2D eigenvalue weighted by Gasteiger charge is 2.47. The molecule has 1 unspecified atom stereocenters. The van der Waals surface area contributed by atoms with Crippen molar-refractivity contribution in [3.05, 3.63) is 24.8 Å². The maximum atomic E-state index is 15.3. The molecule has 0 aromatic carbocycles. The highest BCUT2D eigenvalue weighted by atomic mass is 16.5. The fourth-order valence-corrected chi connectivity index (χ4v) is 12.6. The van der Waals surface area contributed by atoms with E-state index in [1.165, 1.54) is 81.8 Å². The molecule has 2 saturated heterocycles. The average molecular weight is 1370 g/mol. The Hall–Kier alpha value is -6.55. The molecule has 2 aliphatic rings. The molecule has 14 atom stereocenters. The van der Waals surface area contributed by atoms with Crippen LogP contribution in [0.3, 0.4) is 0 Å².